The van der Waals surface area contributed by atoms with Crippen molar-refractivity contribution in [1.82, 2.24) is 10.2 Å². The van der Waals surface area contributed by atoms with Crippen molar-refractivity contribution in [2.24, 2.45) is 0 Å². The van der Waals surface area contributed by atoms with Crippen molar-refractivity contribution in [2.45, 2.75) is 17.3 Å². The van der Waals surface area contributed by atoms with Gasteiger partial charge in [-0.05, 0) is 12.1 Å². The molecule has 1 N–H and O–H groups in total. The van der Waals surface area contributed by atoms with Crippen molar-refractivity contribution in [2.75, 3.05) is 17.5 Å². The van der Waals surface area contributed by atoms with E-state index in [0.717, 1.165) is 0 Å². The number of hydrogen-bond donors (Lipinski definition) is 1. The molecule has 6 nitrogen and oxygen atoms in total. The minimum atomic E-state index is -3.75. The maximum absolute atomic E-state index is 12.9. The van der Waals surface area contributed by atoms with Crippen molar-refractivity contribution in [1.29, 1.82) is 0 Å². The van der Waals surface area contributed by atoms with Gasteiger partial charge in [0.05, 0.1) is 24.4 Å². The molecule has 1 aromatic heterocycles. The van der Waals surface area contributed by atoms with Gasteiger partial charge in [0.1, 0.15) is 5.75 Å². The van der Waals surface area contributed by atoms with E-state index in [1.54, 1.807) is 18.2 Å². The van der Waals surface area contributed by atoms with Crippen LogP contribution in [0, 0.1) is 0 Å². The Balaban J connectivity index is 2.11. The number of benzene rings is 1. The van der Waals surface area contributed by atoms with Gasteiger partial charge in [-0.15, -0.1) is 11.6 Å². The highest BCUT2D eigenvalue weighted by Crippen LogP contribution is 2.34. The monoisotopic (exact) mass is 327 g/mol. The third-order valence-corrected chi connectivity index (χ3v) is 5.38. The number of halogens is 1. The van der Waals surface area contributed by atoms with Crippen LogP contribution >= 0.6 is 11.6 Å². The fourth-order valence-corrected chi connectivity index (χ4v) is 4.18. The maximum atomic E-state index is 12.9. The highest BCUT2D eigenvalue weighted by atomic mass is 35.5. The molecule has 1 aliphatic heterocycles. The number of aromatic amines is 1. The van der Waals surface area contributed by atoms with Gasteiger partial charge in [0.2, 0.25) is 0 Å². The zero-order valence-electron chi connectivity index (χ0n) is 11.1. The number of ether oxygens (including phenoxy) is 1. The highest BCUT2D eigenvalue weighted by molar-refractivity contribution is 7.92. The molecule has 0 bridgehead atoms. The van der Waals surface area contributed by atoms with Crippen molar-refractivity contribution in [3.63, 3.8) is 0 Å². The Bertz CT molecular complexity index is 745. The molecule has 0 unspecified atom stereocenters. The van der Waals surface area contributed by atoms with Crippen LogP contribution in [0.5, 0.6) is 5.75 Å². The van der Waals surface area contributed by atoms with Gasteiger partial charge < -0.3 is 4.74 Å². The quantitative estimate of drug-likeness (QED) is 0.876. The lowest BCUT2D eigenvalue weighted by Crippen LogP contribution is -2.32. The SMILES string of the molecule is O=S(=O)(c1[nH]ncc1CCl)N1CCCOc2ccccc21. The summed E-state index contributed by atoms with van der Waals surface area (Å²) < 4.78 is 32.7. The van der Waals surface area contributed by atoms with Crippen molar-refractivity contribution >= 4 is 27.3 Å². The number of anilines is 1. The van der Waals surface area contributed by atoms with Gasteiger partial charge in [-0.3, -0.25) is 9.40 Å². The number of aromatic nitrogens is 2. The van der Waals surface area contributed by atoms with Gasteiger partial charge >= 0.3 is 0 Å². The number of alkyl halides is 1. The Labute approximate surface area is 127 Å². The second-order valence-electron chi connectivity index (χ2n) is 4.60. The number of fused-ring (bicyclic) bond motifs is 1. The van der Waals surface area contributed by atoms with E-state index in [1.165, 1.54) is 10.5 Å². The Kier molecular flexibility index (Phi) is 3.77. The summed E-state index contributed by atoms with van der Waals surface area (Å²) in [5, 5.41) is 6.36. The van der Waals surface area contributed by atoms with Gasteiger partial charge in [-0.25, -0.2) is 0 Å². The van der Waals surface area contributed by atoms with E-state index >= 15 is 0 Å². The first kappa shape index (κ1) is 14.2. The fourth-order valence-electron chi connectivity index (χ4n) is 2.27. The first-order valence-electron chi connectivity index (χ1n) is 6.47. The van der Waals surface area contributed by atoms with Crippen LogP contribution in [-0.2, 0) is 15.9 Å². The van der Waals surface area contributed by atoms with Crippen molar-refractivity contribution < 1.29 is 13.2 Å². The molecule has 3 rings (SSSR count). The number of nitrogens with zero attached hydrogens (tertiary/aromatic N) is 2. The Morgan fingerprint density at radius 1 is 1.38 bits per heavy atom. The summed E-state index contributed by atoms with van der Waals surface area (Å²) in [4.78, 5) is 0. The maximum Gasteiger partial charge on any atom is 0.281 e. The Morgan fingerprint density at radius 3 is 3.00 bits per heavy atom. The molecule has 1 aliphatic rings. The lowest BCUT2D eigenvalue weighted by atomic mass is 10.3. The minimum absolute atomic E-state index is 0.0363. The molecule has 0 spiro atoms. The molecule has 0 aliphatic carbocycles. The average Bonchev–Trinajstić information content (AvgIpc) is 2.87. The number of rotatable bonds is 3. The predicted octanol–water partition coefficient (Wildman–Crippen LogP) is 2.13. The summed E-state index contributed by atoms with van der Waals surface area (Å²) in [6.07, 6.45) is 2.04. The highest BCUT2D eigenvalue weighted by Gasteiger charge is 2.31. The van der Waals surface area contributed by atoms with E-state index in [4.69, 9.17) is 16.3 Å². The lowest BCUT2D eigenvalue weighted by molar-refractivity contribution is 0.322. The van der Waals surface area contributed by atoms with Crippen LogP contribution in [0.2, 0.25) is 0 Å². The second kappa shape index (κ2) is 5.57. The molecular weight excluding hydrogens is 314 g/mol. The molecule has 0 amide bonds. The van der Waals surface area contributed by atoms with E-state index in [-0.39, 0.29) is 10.9 Å². The predicted molar refractivity (Wildman–Crippen MR) is 79.2 cm³/mol. The van der Waals surface area contributed by atoms with Gasteiger partial charge in [0.15, 0.2) is 5.03 Å². The molecule has 0 fully saturated rings. The summed E-state index contributed by atoms with van der Waals surface area (Å²) in [6.45, 7) is 0.828. The first-order valence-corrected chi connectivity index (χ1v) is 8.45. The zero-order chi connectivity index (χ0) is 14.9. The summed E-state index contributed by atoms with van der Waals surface area (Å²) >= 11 is 5.78. The Morgan fingerprint density at radius 2 is 2.19 bits per heavy atom. The molecule has 0 atom stereocenters. The smallest absolute Gasteiger partial charge is 0.281 e. The van der Waals surface area contributed by atoms with E-state index in [1.807, 2.05) is 6.07 Å². The molecule has 112 valence electrons. The van der Waals surface area contributed by atoms with Gasteiger partial charge in [-0.1, -0.05) is 12.1 Å². The molecule has 1 aromatic carbocycles. The summed E-state index contributed by atoms with van der Waals surface area (Å²) in [6, 6.07) is 7.09. The molecule has 2 aromatic rings. The van der Waals surface area contributed by atoms with E-state index < -0.39 is 10.0 Å². The van der Waals surface area contributed by atoms with Crippen LogP contribution < -0.4 is 9.04 Å². The third-order valence-electron chi connectivity index (χ3n) is 3.27. The molecule has 0 radical (unpaired) electrons. The van der Waals surface area contributed by atoms with Crippen LogP contribution in [-0.4, -0.2) is 31.8 Å². The number of H-pyrrole nitrogens is 1. The topological polar surface area (TPSA) is 75.3 Å². The lowest BCUT2D eigenvalue weighted by Gasteiger charge is -2.22. The zero-order valence-corrected chi connectivity index (χ0v) is 12.7. The second-order valence-corrected chi connectivity index (χ2v) is 6.67. The average molecular weight is 328 g/mol. The molecule has 8 heteroatoms. The van der Waals surface area contributed by atoms with Crippen LogP contribution in [0.4, 0.5) is 5.69 Å². The standard InChI is InChI=1S/C13H14ClN3O3S/c14-8-10-9-15-16-13(10)21(18,19)17-6-3-7-20-12-5-2-1-4-11(12)17/h1-2,4-5,9H,3,6-8H2,(H,15,16). The van der Waals surface area contributed by atoms with E-state index in [2.05, 4.69) is 10.2 Å². The van der Waals surface area contributed by atoms with Gasteiger partial charge in [0, 0.05) is 18.5 Å². The number of sulfonamides is 1. The largest absolute Gasteiger partial charge is 0.491 e. The molecule has 21 heavy (non-hydrogen) atoms. The number of hydrogen-bond acceptors (Lipinski definition) is 4. The minimum Gasteiger partial charge on any atom is -0.491 e. The summed E-state index contributed by atoms with van der Waals surface area (Å²) in [5.41, 5.74) is 0.990. The van der Waals surface area contributed by atoms with Gasteiger partial charge in [-0.2, -0.15) is 13.5 Å². The van der Waals surface area contributed by atoms with Crippen LogP contribution in [0.3, 0.4) is 0 Å². The van der Waals surface area contributed by atoms with Gasteiger partial charge in [0.25, 0.3) is 10.0 Å². The van der Waals surface area contributed by atoms with Crippen LogP contribution in [0.25, 0.3) is 0 Å². The van der Waals surface area contributed by atoms with E-state index in [0.29, 0.717) is 36.6 Å². The Hall–Kier alpha value is -1.73. The summed E-state index contributed by atoms with van der Waals surface area (Å²) in [7, 11) is -3.75. The molecular formula is C13H14ClN3O3S. The van der Waals surface area contributed by atoms with Crippen molar-refractivity contribution in [3.8, 4) is 5.75 Å². The molecule has 2 heterocycles. The van der Waals surface area contributed by atoms with Crippen LogP contribution in [0.1, 0.15) is 12.0 Å². The normalized spacial score (nSPS) is 15.2. The molecule has 0 saturated carbocycles. The molecule has 0 saturated heterocycles. The number of nitrogens with one attached hydrogen (secondary N) is 1. The summed E-state index contributed by atoms with van der Waals surface area (Å²) in [5.74, 6) is 0.641. The van der Waals surface area contributed by atoms with Crippen molar-refractivity contribution in [3.05, 3.63) is 36.0 Å². The third kappa shape index (κ3) is 2.47. The first-order chi connectivity index (χ1) is 10.1. The fraction of sp³-hybridized carbons (Fsp3) is 0.308. The van der Waals surface area contributed by atoms with Crippen LogP contribution in [0.15, 0.2) is 35.5 Å². The number of para-hydroxylation sites is 2. The van der Waals surface area contributed by atoms with E-state index in [9.17, 15) is 8.42 Å².